The highest BCUT2D eigenvalue weighted by molar-refractivity contribution is 7.44. The van der Waals surface area contributed by atoms with Gasteiger partial charge in [0, 0.05) is 0 Å². The first-order chi connectivity index (χ1) is 20.6. The maximum absolute atomic E-state index is 6.17. The van der Waals surface area contributed by atoms with E-state index in [4.69, 9.17) is 27.9 Å². The van der Waals surface area contributed by atoms with Crippen molar-refractivity contribution in [3.8, 4) is 0 Å². The van der Waals surface area contributed by atoms with E-state index in [1.807, 2.05) is 6.55 Å². The number of halogens is 2. The lowest BCUT2D eigenvalue weighted by atomic mass is 10.0. The van der Waals surface area contributed by atoms with Gasteiger partial charge in [-0.25, -0.2) is 0 Å². The van der Waals surface area contributed by atoms with Crippen LogP contribution in [0.4, 0.5) is 0 Å². The van der Waals surface area contributed by atoms with Gasteiger partial charge in [0.2, 0.25) is 6.69 Å². The molecule has 0 aromatic rings. The van der Waals surface area contributed by atoms with E-state index in [-0.39, 0.29) is 0 Å². The fourth-order valence-corrected chi connectivity index (χ4v) is 8.09. The molecule has 0 aliphatic carbocycles. The molecule has 0 rings (SSSR count). The van der Waals surface area contributed by atoms with Crippen LogP contribution in [0.1, 0.15) is 225 Å². The van der Waals surface area contributed by atoms with Gasteiger partial charge in [0.05, 0.1) is 0 Å². The summed E-state index contributed by atoms with van der Waals surface area (Å²) in [4.78, 5) is 0. The molecule has 0 aromatic heterocycles. The Bertz CT molecular complexity index is 482. The van der Waals surface area contributed by atoms with Crippen molar-refractivity contribution in [2.45, 2.75) is 237 Å². The lowest BCUT2D eigenvalue weighted by Crippen LogP contribution is -2.11. The van der Waals surface area contributed by atoms with Crippen LogP contribution < -0.4 is 5.73 Å². The molecule has 0 saturated heterocycles. The summed E-state index contributed by atoms with van der Waals surface area (Å²) in [5, 5.41) is 0. The van der Waals surface area contributed by atoms with Crippen LogP contribution in [0.5, 0.6) is 0 Å². The molecular formula is C38H79Cl2NSi. The average Bonchev–Trinajstić information content (AvgIpc) is 2.96. The zero-order chi connectivity index (χ0) is 30.7. The fourth-order valence-electron chi connectivity index (χ4n) is 6.41. The van der Waals surface area contributed by atoms with Gasteiger partial charge in [0.15, 0.2) is 0 Å². The highest BCUT2D eigenvalue weighted by Gasteiger charge is 2.19. The predicted octanol–water partition coefficient (Wildman–Crippen LogP) is 15.1. The molecule has 254 valence electrons. The number of unbranched alkanes of at least 4 members (excludes halogenated alkanes) is 34. The second-order valence-electron chi connectivity index (χ2n) is 14.0. The standard InChI is InChI=1S/C38H79Cl2NSi/c1-42(39,40)38-36-34-32-30-28-26-24-22-20-18-16-14-12-10-8-6-4-2-3-5-7-9-11-13-15-17-19-21-23-25-27-29-31-33-35-37-41/h2-38,41H2,1H3. The molecule has 0 bridgehead atoms. The van der Waals surface area contributed by atoms with E-state index in [0.29, 0.717) is 0 Å². The number of nitrogens with two attached hydrogens (primary N) is 1. The van der Waals surface area contributed by atoms with E-state index in [0.717, 1.165) is 12.6 Å². The Labute approximate surface area is 277 Å². The van der Waals surface area contributed by atoms with E-state index in [2.05, 4.69) is 0 Å². The van der Waals surface area contributed by atoms with Gasteiger partial charge in [0.1, 0.15) is 0 Å². The molecule has 4 heteroatoms. The largest absolute Gasteiger partial charge is 0.330 e. The minimum Gasteiger partial charge on any atom is -0.330 e. The highest BCUT2D eigenvalue weighted by Crippen LogP contribution is 2.23. The van der Waals surface area contributed by atoms with Crippen molar-refractivity contribution in [1.29, 1.82) is 0 Å². The van der Waals surface area contributed by atoms with E-state index in [1.165, 1.54) is 225 Å². The lowest BCUT2D eigenvalue weighted by molar-refractivity contribution is 0.511. The van der Waals surface area contributed by atoms with Crippen LogP contribution >= 0.6 is 22.2 Å². The van der Waals surface area contributed by atoms with Crippen LogP contribution in [0.2, 0.25) is 12.6 Å². The fraction of sp³-hybridized carbons (Fsp3) is 1.00. The Morgan fingerprint density at radius 1 is 0.286 bits per heavy atom. The molecule has 0 heterocycles. The average molecular weight is 649 g/mol. The zero-order valence-corrected chi connectivity index (χ0v) is 31.5. The van der Waals surface area contributed by atoms with Crippen molar-refractivity contribution in [2.24, 2.45) is 5.73 Å². The topological polar surface area (TPSA) is 26.0 Å². The molecule has 0 amide bonds. The summed E-state index contributed by atoms with van der Waals surface area (Å²) in [5.74, 6) is 0. The first kappa shape index (κ1) is 42.8. The van der Waals surface area contributed by atoms with Gasteiger partial charge in [-0.1, -0.05) is 218 Å². The van der Waals surface area contributed by atoms with E-state index >= 15 is 0 Å². The van der Waals surface area contributed by atoms with Crippen molar-refractivity contribution >= 4 is 28.9 Å². The SMILES string of the molecule is C[Si](Cl)(Cl)CCCCCCCCCCCCCCCCCCCCCCCCCCCCCCCCCCCCCN. The van der Waals surface area contributed by atoms with Gasteiger partial charge in [-0.2, -0.15) is 0 Å². The zero-order valence-electron chi connectivity index (χ0n) is 29.0. The maximum atomic E-state index is 6.17. The van der Waals surface area contributed by atoms with Gasteiger partial charge in [0.25, 0.3) is 0 Å². The molecule has 0 unspecified atom stereocenters. The summed E-state index contributed by atoms with van der Waals surface area (Å²) < 4.78 is 0. The third-order valence-electron chi connectivity index (χ3n) is 9.32. The third-order valence-corrected chi connectivity index (χ3v) is 11.7. The second kappa shape index (κ2) is 36.2. The van der Waals surface area contributed by atoms with Crippen molar-refractivity contribution in [3.05, 3.63) is 0 Å². The Kier molecular flexibility index (Phi) is 36.9. The molecule has 1 nitrogen and oxygen atoms in total. The number of hydrogen-bond donors (Lipinski definition) is 1. The van der Waals surface area contributed by atoms with Gasteiger partial charge < -0.3 is 5.73 Å². The van der Waals surface area contributed by atoms with Crippen LogP contribution in [0, 0.1) is 0 Å². The molecule has 2 N–H and O–H groups in total. The molecular weight excluding hydrogens is 569 g/mol. The number of hydrogen-bond acceptors (Lipinski definition) is 1. The summed E-state index contributed by atoms with van der Waals surface area (Å²) in [5.41, 5.74) is 5.55. The van der Waals surface area contributed by atoms with Gasteiger partial charge in [-0.3, -0.25) is 0 Å². The molecule has 0 atom stereocenters. The van der Waals surface area contributed by atoms with Crippen molar-refractivity contribution < 1.29 is 0 Å². The van der Waals surface area contributed by atoms with Crippen LogP contribution in [-0.4, -0.2) is 13.2 Å². The molecule has 0 radical (unpaired) electrons. The normalized spacial score (nSPS) is 12.0. The Morgan fingerprint density at radius 2 is 0.429 bits per heavy atom. The predicted molar refractivity (Wildman–Crippen MR) is 199 cm³/mol. The molecule has 0 aliphatic heterocycles. The van der Waals surface area contributed by atoms with Crippen LogP contribution in [-0.2, 0) is 0 Å². The Balaban J connectivity index is 3.04. The molecule has 0 aliphatic rings. The smallest absolute Gasteiger partial charge is 0.248 e. The van der Waals surface area contributed by atoms with Crippen molar-refractivity contribution in [1.82, 2.24) is 0 Å². The van der Waals surface area contributed by atoms with Crippen LogP contribution in [0.3, 0.4) is 0 Å². The first-order valence-electron chi connectivity index (χ1n) is 19.6. The lowest BCUT2D eigenvalue weighted by Gasteiger charge is -2.09. The van der Waals surface area contributed by atoms with E-state index in [9.17, 15) is 0 Å². The molecule has 0 aromatic carbocycles. The maximum Gasteiger partial charge on any atom is 0.248 e. The second-order valence-corrected chi connectivity index (χ2v) is 22.2. The molecule has 0 saturated carbocycles. The molecule has 0 spiro atoms. The van der Waals surface area contributed by atoms with Crippen molar-refractivity contribution in [3.63, 3.8) is 0 Å². The number of rotatable bonds is 37. The molecule has 42 heavy (non-hydrogen) atoms. The Hall–Kier alpha value is 0.757. The van der Waals surface area contributed by atoms with Crippen LogP contribution in [0.15, 0.2) is 0 Å². The van der Waals surface area contributed by atoms with E-state index in [1.54, 1.807) is 0 Å². The van der Waals surface area contributed by atoms with Crippen LogP contribution in [0.25, 0.3) is 0 Å². The summed E-state index contributed by atoms with van der Waals surface area (Å²) >= 11 is 12.3. The highest BCUT2D eigenvalue weighted by atomic mass is 35.7. The first-order valence-corrected chi connectivity index (χ1v) is 24.4. The van der Waals surface area contributed by atoms with Gasteiger partial charge in [-0.15, -0.1) is 22.2 Å². The van der Waals surface area contributed by atoms with Crippen molar-refractivity contribution in [2.75, 3.05) is 6.54 Å². The van der Waals surface area contributed by atoms with Gasteiger partial charge in [-0.05, 0) is 25.6 Å². The van der Waals surface area contributed by atoms with E-state index < -0.39 is 6.69 Å². The minimum absolute atomic E-state index is 0.872. The monoisotopic (exact) mass is 648 g/mol. The minimum atomic E-state index is -1.84. The summed E-state index contributed by atoms with van der Waals surface area (Å²) in [6.45, 7) is 1.07. The van der Waals surface area contributed by atoms with Gasteiger partial charge >= 0.3 is 0 Å². The summed E-state index contributed by atoms with van der Waals surface area (Å²) in [6.07, 6.45) is 50.4. The quantitative estimate of drug-likeness (QED) is 0.0405. The third kappa shape index (κ3) is 40.8. The summed E-state index contributed by atoms with van der Waals surface area (Å²) in [6, 6.07) is 1.06. The molecule has 0 fully saturated rings. The summed E-state index contributed by atoms with van der Waals surface area (Å²) in [7, 11) is 0. The Morgan fingerprint density at radius 3 is 0.571 bits per heavy atom.